The van der Waals surface area contributed by atoms with E-state index >= 15 is 0 Å². The van der Waals surface area contributed by atoms with Gasteiger partial charge in [0.15, 0.2) is 0 Å². The van der Waals surface area contributed by atoms with Crippen LogP contribution in [0.5, 0.6) is 5.75 Å². The summed E-state index contributed by atoms with van der Waals surface area (Å²) in [4.78, 5) is 2.25. The Kier molecular flexibility index (Phi) is 3.58. The number of hydrogen-bond acceptors (Lipinski definition) is 3. The Morgan fingerprint density at radius 2 is 2.00 bits per heavy atom. The number of nitrogens with zero attached hydrogens (tertiary/aromatic N) is 1. The van der Waals surface area contributed by atoms with Gasteiger partial charge in [0.1, 0.15) is 11.9 Å². The number of hydrogen-bond donors (Lipinski definition) is 1. The Bertz CT molecular complexity index is 465. The van der Waals surface area contributed by atoms with Crippen LogP contribution in [0.1, 0.15) is 31.2 Å². The van der Waals surface area contributed by atoms with Gasteiger partial charge in [0, 0.05) is 18.6 Å². The van der Waals surface area contributed by atoms with Crippen LogP contribution in [0, 0.1) is 0 Å². The third-order valence-corrected chi connectivity index (χ3v) is 4.95. The Morgan fingerprint density at radius 3 is 2.58 bits per heavy atom. The average molecular weight is 325 g/mol. The molecule has 1 saturated heterocycles. The van der Waals surface area contributed by atoms with Gasteiger partial charge < -0.3 is 10.5 Å². The molecule has 4 heteroatoms. The van der Waals surface area contributed by atoms with Crippen LogP contribution in [-0.4, -0.2) is 31.1 Å². The lowest BCUT2D eigenvalue weighted by Crippen LogP contribution is -2.51. The highest BCUT2D eigenvalue weighted by atomic mass is 79.9. The first-order chi connectivity index (χ1) is 9.07. The highest BCUT2D eigenvalue weighted by molar-refractivity contribution is 9.10. The van der Waals surface area contributed by atoms with Crippen molar-refractivity contribution in [2.24, 2.45) is 5.73 Å². The number of ether oxygens (including phenoxy) is 1. The molecular formula is C15H21BrN2O. The summed E-state index contributed by atoms with van der Waals surface area (Å²) in [6.45, 7) is 2.02. The van der Waals surface area contributed by atoms with Crippen LogP contribution >= 0.6 is 15.9 Å². The van der Waals surface area contributed by atoms with Gasteiger partial charge >= 0.3 is 0 Å². The molecule has 104 valence electrons. The average Bonchev–Trinajstić information content (AvgIpc) is 2.78. The molecule has 2 aliphatic rings. The van der Waals surface area contributed by atoms with Crippen molar-refractivity contribution in [2.45, 2.75) is 37.3 Å². The fraction of sp³-hybridized carbons (Fsp3) is 0.600. The van der Waals surface area contributed by atoms with Crippen molar-refractivity contribution in [3.8, 4) is 5.75 Å². The molecule has 1 aromatic rings. The second-order valence-corrected chi connectivity index (χ2v) is 6.82. The maximum Gasteiger partial charge on any atom is 0.134 e. The first kappa shape index (κ1) is 13.4. The molecule has 1 saturated carbocycles. The lowest BCUT2D eigenvalue weighted by Gasteiger charge is -2.36. The van der Waals surface area contributed by atoms with Crippen molar-refractivity contribution in [2.75, 3.05) is 20.1 Å². The quantitative estimate of drug-likeness (QED) is 0.929. The molecule has 0 aromatic heterocycles. The van der Waals surface area contributed by atoms with E-state index in [-0.39, 0.29) is 5.54 Å². The van der Waals surface area contributed by atoms with E-state index in [4.69, 9.17) is 10.5 Å². The predicted molar refractivity (Wildman–Crippen MR) is 80.4 cm³/mol. The molecule has 1 aliphatic carbocycles. The van der Waals surface area contributed by atoms with E-state index < -0.39 is 0 Å². The Balaban J connectivity index is 1.74. The summed E-state index contributed by atoms with van der Waals surface area (Å²) in [5.74, 6) is 0.934. The van der Waals surface area contributed by atoms with Crippen LogP contribution in [0.4, 0.5) is 0 Å². The van der Waals surface area contributed by atoms with E-state index in [0.29, 0.717) is 6.10 Å². The molecule has 0 spiro atoms. The summed E-state index contributed by atoms with van der Waals surface area (Å²) < 4.78 is 7.00. The summed E-state index contributed by atoms with van der Waals surface area (Å²) in [5, 5.41) is 0. The van der Waals surface area contributed by atoms with Crippen LogP contribution < -0.4 is 10.5 Å². The molecule has 0 radical (unpaired) electrons. The maximum absolute atomic E-state index is 6.49. The first-order valence-corrected chi connectivity index (χ1v) is 7.80. The van der Waals surface area contributed by atoms with Gasteiger partial charge in [0.2, 0.25) is 0 Å². The largest absolute Gasteiger partial charge is 0.487 e. The number of halogens is 1. The Morgan fingerprint density at radius 1 is 1.32 bits per heavy atom. The van der Waals surface area contributed by atoms with Crippen molar-refractivity contribution in [1.82, 2.24) is 4.90 Å². The van der Waals surface area contributed by atoms with Gasteiger partial charge in [-0.25, -0.2) is 0 Å². The van der Waals surface area contributed by atoms with E-state index in [1.165, 1.54) is 18.4 Å². The summed E-state index contributed by atoms with van der Waals surface area (Å²) >= 11 is 3.62. The Labute approximate surface area is 123 Å². The predicted octanol–water partition coefficient (Wildman–Crippen LogP) is 2.87. The van der Waals surface area contributed by atoms with Crippen LogP contribution in [0.3, 0.4) is 0 Å². The Hall–Kier alpha value is -0.580. The molecule has 1 heterocycles. The standard InChI is InChI=1S/C15H21BrN2O/c1-18-9-12(10-18)19-14-5-4-11(8-13(14)16)15(17)6-2-3-7-15/h4-5,8,12H,2-3,6-7,9-10,17H2,1H3. The van der Waals surface area contributed by atoms with Crippen molar-refractivity contribution in [3.63, 3.8) is 0 Å². The van der Waals surface area contributed by atoms with E-state index in [1.807, 2.05) is 0 Å². The van der Waals surface area contributed by atoms with Crippen molar-refractivity contribution in [1.29, 1.82) is 0 Å². The normalized spacial score (nSPS) is 23.3. The molecular weight excluding hydrogens is 304 g/mol. The van der Waals surface area contributed by atoms with E-state index in [0.717, 1.165) is 36.2 Å². The van der Waals surface area contributed by atoms with Gasteiger partial charge in [-0.2, -0.15) is 0 Å². The van der Waals surface area contributed by atoms with Crippen molar-refractivity contribution < 1.29 is 4.74 Å². The molecule has 2 N–H and O–H groups in total. The molecule has 1 aromatic carbocycles. The minimum Gasteiger partial charge on any atom is -0.487 e. The van der Waals surface area contributed by atoms with E-state index in [2.05, 4.69) is 46.1 Å². The number of benzene rings is 1. The van der Waals surface area contributed by atoms with Crippen LogP contribution in [0.2, 0.25) is 0 Å². The zero-order chi connectivity index (χ0) is 13.5. The topological polar surface area (TPSA) is 38.5 Å². The summed E-state index contributed by atoms with van der Waals surface area (Å²) in [6.07, 6.45) is 4.98. The molecule has 3 nitrogen and oxygen atoms in total. The molecule has 2 fully saturated rings. The zero-order valence-corrected chi connectivity index (χ0v) is 12.9. The monoisotopic (exact) mass is 324 g/mol. The maximum atomic E-state index is 6.49. The second kappa shape index (κ2) is 5.08. The number of nitrogens with two attached hydrogens (primary N) is 1. The van der Waals surface area contributed by atoms with Gasteiger partial charge in [-0.1, -0.05) is 18.9 Å². The van der Waals surface area contributed by atoms with Crippen molar-refractivity contribution in [3.05, 3.63) is 28.2 Å². The fourth-order valence-corrected chi connectivity index (χ4v) is 3.57. The van der Waals surface area contributed by atoms with Gasteiger partial charge in [0.05, 0.1) is 4.47 Å². The third kappa shape index (κ3) is 2.67. The minimum absolute atomic E-state index is 0.127. The number of likely N-dealkylation sites (tertiary alicyclic amines) is 1. The fourth-order valence-electron chi connectivity index (χ4n) is 3.10. The summed E-state index contributed by atoms with van der Waals surface area (Å²) in [5.41, 5.74) is 7.59. The first-order valence-electron chi connectivity index (χ1n) is 7.01. The summed E-state index contributed by atoms with van der Waals surface area (Å²) in [7, 11) is 2.11. The lowest BCUT2D eigenvalue weighted by molar-refractivity contribution is 0.0383. The molecule has 1 aliphatic heterocycles. The molecule has 0 amide bonds. The zero-order valence-electron chi connectivity index (χ0n) is 11.4. The van der Waals surface area contributed by atoms with Crippen LogP contribution in [0.15, 0.2) is 22.7 Å². The van der Waals surface area contributed by atoms with Gasteiger partial charge in [-0.15, -0.1) is 0 Å². The molecule has 3 rings (SSSR count). The minimum atomic E-state index is -0.127. The second-order valence-electron chi connectivity index (χ2n) is 5.97. The highest BCUT2D eigenvalue weighted by Gasteiger charge is 2.32. The van der Waals surface area contributed by atoms with Crippen LogP contribution in [-0.2, 0) is 5.54 Å². The summed E-state index contributed by atoms with van der Waals surface area (Å²) in [6, 6.07) is 6.33. The highest BCUT2D eigenvalue weighted by Crippen LogP contribution is 2.39. The van der Waals surface area contributed by atoms with E-state index in [1.54, 1.807) is 0 Å². The smallest absolute Gasteiger partial charge is 0.134 e. The number of rotatable bonds is 3. The van der Waals surface area contributed by atoms with E-state index in [9.17, 15) is 0 Å². The molecule has 0 unspecified atom stereocenters. The number of likely N-dealkylation sites (N-methyl/N-ethyl adjacent to an activating group) is 1. The van der Waals surface area contributed by atoms with Crippen LogP contribution in [0.25, 0.3) is 0 Å². The third-order valence-electron chi connectivity index (χ3n) is 4.33. The molecule has 19 heavy (non-hydrogen) atoms. The van der Waals surface area contributed by atoms with Gasteiger partial charge in [-0.05, 0) is 53.5 Å². The molecule has 0 bridgehead atoms. The SMILES string of the molecule is CN1CC(Oc2ccc(C3(N)CCCC3)cc2Br)C1. The van der Waals surface area contributed by atoms with Crippen molar-refractivity contribution >= 4 is 15.9 Å². The molecule has 0 atom stereocenters. The van der Waals surface area contributed by atoms with Gasteiger partial charge in [-0.3, -0.25) is 4.90 Å². The van der Waals surface area contributed by atoms with Gasteiger partial charge in [0.25, 0.3) is 0 Å². The lowest BCUT2D eigenvalue weighted by atomic mass is 9.89.